The first-order valence-electron chi connectivity index (χ1n) is 10.6. The molecule has 2 atom stereocenters. The molecular weight excluding hydrogens is 382 g/mol. The maximum atomic E-state index is 12.6. The van der Waals surface area contributed by atoms with Gasteiger partial charge in [-0.25, -0.2) is 0 Å². The third-order valence-electron chi connectivity index (χ3n) is 5.63. The monoisotopic (exact) mass is 413 g/mol. The first kappa shape index (κ1) is 21.8. The minimum absolute atomic E-state index is 0.00700. The molecule has 0 spiro atoms. The first-order valence-corrected chi connectivity index (χ1v) is 10.6. The highest BCUT2D eigenvalue weighted by Crippen LogP contribution is 2.32. The second kappa shape index (κ2) is 9.28. The van der Waals surface area contributed by atoms with Gasteiger partial charge in [0, 0.05) is 43.5 Å². The largest absolute Gasteiger partial charge is 0.366 e. The zero-order chi connectivity index (χ0) is 21.8. The van der Waals surface area contributed by atoms with Crippen LogP contribution in [-0.4, -0.2) is 40.2 Å². The van der Waals surface area contributed by atoms with E-state index < -0.39 is 4.92 Å². The van der Waals surface area contributed by atoms with Gasteiger partial charge >= 0.3 is 0 Å². The van der Waals surface area contributed by atoms with Crippen molar-refractivity contribution in [3.05, 3.63) is 51.3 Å². The van der Waals surface area contributed by atoms with E-state index in [0.717, 1.165) is 37.3 Å². The molecule has 1 aliphatic rings. The fourth-order valence-electron chi connectivity index (χ4n) is 4.08. The van der Waals surface area contributed by atoms with Gasteiger partial charge < -0.3 is 10.2 Å². The van der Waals surface area contributed by atoms with Crippen LogP contribution in [-0.2, 0) is 6.54 Å². The highest BCUT2D eigenvalue weighted by Gasteiger charge is 2.25. The number of aromatic nitrogens is 2. The topological polar surface area (TPSA) is 93.3 Å². The highest BCUT2D eigenvalue weighted by atomic mass is 16.6. The standard InChI is InChI=1S/C22H31N5O3/c1-15-6-5-9-25(13-15)20-8-7-19(11-21(20)27(29)30)22(28)23-12-16(2)14-26-18(4)10-17(3)24-26/h7-8,10-11,15-16H,5-6,9,12-14H2,1-4H3,(H,23,28)/t15-,16+/m0/s1. The van der Waals surface area contributed by atoms with Crippen molar-refractivity contribution in [3.8, 4) is 0 Å². The Morgan fingerprint density at radius 1 is 1.37 bits per heavy atom. The molecule has 162 valence electrons. The van der Waals surface area contributed by atoms with Crippen molar-refractivity contribution < 1.29 is 9.72 Å². The number of rotatable bonds is 7. The first-order chi connectivity index (χ1) is 14.2. The summed E-state index contributed by atoms with van der Waals surface area (Å²) in [6.45, 7) is 10.9. The molecule has 0 saturated carbocycles. The average Bonchev–Trinajstić information content (AvgIpc) is 3.02. The lowest BCUT2D eigenvalue weighted by Crippen LogP contribution is -2.34. The Kier molecular flexibility index (Phi) is 6.74. The van der Waals surface area contributed by atoms with E-state index in [2.05, 4.69) is 22.2 Å². The van der Waals surface area contributed by atoms with Gasteiger partial charge in [-0.1, -0.05) is 13.8 Å². The summed E-state index contributed by atoms with van der Waals surface area (Å²) in [5.74, 6) is 0.387. The van der Waals surface area contributed by atoms with Crippen LogP contribution in [0.1, 0.15) is 48.4 Å². The van der Waals surface area contributed by atoms with Gasteiger partial charge in [0.05, 0.1) is 10.6 Å². The maximum absolute atomic E-state index is 12.6. The van der Waals surface area contributed by atoms with E-state index in [9.17, 15) is 14.9 Å². The van der Waals surface area contributed by atoms with Gasteiger partial charge in [-0.2, -0.15) is 5.10 Å². The normalized spacial score (nSPS) is 17.6. The molecule has 1 fully saturated rings. The number of nitro benzene ring substituents is 1. The molecule has 1 aromatic carbocycles. The molecule has 8 heteroatoms. The summed E-state index contributed by atoms with van der Waals surface area (Å²) in [7, 11) is 0. The van der Waals surface area contributed by atoms with Crippen molar-refractivity contribution >= 4 is 17.3 Å². The van der Waals surface area contributed by atoms with Crippen LogP contribution in [0.4, 0.5) is 11.4 Å². The van der Waals surface area contributed by atoms with Crippen LogP contribution in [0.5, 0.6) is 0 Å². The second-order valence-electron chi connectivity index (χ2n) is 8.58. The van der Waals surface area contributed by atoms with Crippen molar-refractivity contribution in [1.29, 1.82) is 0 Å². The fraction of sp³-hybridized carbons (Fsp3) is 0.545. The number of benzene rings is 1. The summed E-state index contributed by atoms with van der Waals surface area (Å²) in [6.07, 6.45) is 2.16. The van der Waals surface area contributed by atoms with Gasteiger partial charge in [-0.3, -0.25) is 19.6 Å². The third kappa shape index (κ3) is 5.17. The van der Waals surface area contributed by atoms with Gasteiger partial charge in [0.1, 0.15) is 5.69 Å². The minimum atomic E-state index is -0.392. The smallest absolute Gasteiger partial charge is 0.293 e. The summed E-state index contributed by atoms with van der Waals surface area (Å²) in [4.78, 5) is 25.9. The summed E-state index contributed by atoms with van der Waals surface area (Å²) >= 11 is 0. The van der Waals surface area contributed by atoms with E-state index in [0.29, 0.717) is 30.3 Å². The molecule has 0 bridgehead atoms. The molecule has 30 heavy (non-hydrogen) atoms. The lowest BCUT2D eigenvalue weighted by molar-refractivity contribution is -0.384. The van der Waals surface area contributed by atoms with E-state index in [4.69, 9.17) is 0 Å². The van der Waals surface area contributed by atoms with Gasteiger partial charge in [0.25, 0.3) is 11.6 Å². The molecule has 1 N–H and O–H groups in total. The molecule has 0 radical (unpaired) electrons. The predicted octanol–water partition coefficient (Wildman–Crippen LogP) is 3.71. The summed E-state index contributed by atoms with van der Waals surface area (Å²) in [6, 6.07) is 6.82. The van der Waals surface area contributed by atoms with Gasteiger partial charge in [-0.05, 0) is 56.7 Å². The lowest BCUT2D eigenvalue weighted by atomic mass is 9.99. The van der Waals surface area contributed by atoms with E-state index in [1.54, 1.807) is 12.1 Å². The van der Waals surface area contributed by atoms with E-state index >= 15 is 0 Å². The quantitative estimate of drug-likeness (QED) is 0.552. The Labute approximate surface area is 177 Å². The Morgan fingerprint density at radius 3 is 2.77 bits per heavy atom. The van der Waals surface area contributed by atoms with Crippen LogP contribution < -0.4 is 10.2 Å². The van der Waals surface area contributed by atoms with Crippen LogP contribution in [0.2, 0.25) is 0 Å². The number of anilines is 1. The molecule has 1 aromatic heterocycles. The number of carbonyl (C=O) groups excluding carboxylic acids is 1. The zero-order valence-electron chi connectivity index (χ0n) is 18.2. The van der Waals surface area contributed by atoms with Gasteiger partial charge in [-0.15, -0.1) is 0 Å². The number of aryl methyl sites for hydroxylation is 2. The van der Waals surface area contributed by atoms with Crippen molar-refractivity contribution in [2.45, 2.75) is 47.1 Å². The Morgan fingerprint density at radius 2 is 2.13 bits per heavy atom. The van der Waals surface area contributed by atoms with E-state index in [-0.39, 0.29) is 17.5 Å². The van der Waals surface area contributed by atoms with Gasteiger partial charge in [0.15, 0.2) is 0 Å². The molecule has 1 saturated heterocycles. The van der Waals surface area contributed by atoms with Crippen molar-refractivity contribution in [2.75, 3.05) is 24.5 Å². The summed E-state index contributed by atoms with van der Waals surface area (Å²) < 4.78 is 1.94. The summed E-state index contributed by atoms with van der Waals surface area (Å²) in [5, 5.41) is 19.0. The number of nitrogens with zero attached hydrogens (tertiary/aromatic N) is 4. The van der Waals surface area contributed by atoms with E-state index in [1.807, 2.05) is 31.5 Å². The Bertz CT molecular complexity index is 923. The molecule has 0 unspecified atom stereocenters. The second-order valence-corrected chi connectivity index (χ2v) is 8.58. The minimum Gasteiger partial charge on any atom is -0.366 e. The third-order valence-corrected chi connectivity index (χ3v) is 5.63. The highest BCUT2D eigenvalue weighted by molar-refractivity contribution is 5.95. The number of amides is 1. The molecule has 8 nitrogen and oxygen atoms in total. The maximum Gasteiger partial charge on any atom is 0.293 e. The van der Waals surface area contributed by atoms with Crippen LogP contribution in [0.15, 0.2) is 24.3 Å². The zero-order valence-corrected chi connectivity index (χ0v) is 18.2. The molecule has 3 rings (SSSR count). The lowest BCUT2D eigenvalue weighted by Gasteiger charge is -2.32. The number of carbonyl (C=O) groups is 1. The molecule has 2 aromatic rings. The van der Waals surface area contributed by atoms with Crippen LogP contribution in [0.25, 0.3) is 0 Å². The number of hydrogen-bond acceptors (Lipinski definition) is 5. The fourth-order valence-corrected chi connectivity index (χ4v) is 4.08. The number of nitrogens with one attached hydrogen (secondary N) is 1. The van der Waals surface area contributed by atoms with Crippen LogP contribution in [0.3, 0.4) is 0 Å². The molecule has 2 heterocycles. The average molecular weight is 414 g/mol. The predicted molar refractivity (Wildman–Crippen MR) is 117 cm³/mol. The molecule has 1 aliphatic heterocycles. The Hall–Kier alpha value is -2.90. The SMILES string of the molecule is Cc1cc(C)n(C[C@H](C)CNC(=O)c2ccc(N3CCC[C@H](C)C3)c([N+](=O)[O-])c2)n1. The van der Waals surface area contributed by atoms with Crippen LogP contribution in [0, 0.1) is 35.8 Å². The van der Waals surface area contributed by atoms with Crippen molar-refractivity contribution in [2.24, 2.45) is 11.8 Å². The van der Waals surface area contributed by atoms with Crippen molar-refractivity contribution in [3.63, 3.8) is 0 Å². The van der Waals surface area contributed by atoms with Gasteiger partial charge in [0.2, 0.25) is 0 Å². The molecular formula is C22H31N5O3. The van der Waals surface area contributed by atoms with Crippen molar-refractivity contribution in [1.82, 2.24) is 15.1 Å². The summed E-state index contributed by atoms with van der Waals surface area (Å²) in [5.41, 5.74) is 2.96. The number of hydrogen-bond donors (Lipinski definition) is 1. The molecule has 1 amide bonds. The molecule has 0 aliphatic carbocycles. The number of nitro groups is 1. The van der Waals surface area contributed by atoms with E-state index in [1.165, 1.54) is 6.07 Å². The Balaban J connectivity index is 1.66. The van der Waals surface area contributed by atoms with Crippen LogP contribution >= 0.6 is 0 Å². The number of piperidine rings is 1.